The summed E-state index contributed by atoms with van der Waals surface area (Å²) in [5.74, 6) is 2.12. The van der Waals surface area contributed by atoms with Crippen molar-refractivity contribution in [3.63, 3.8) is 0 Å². The van der Waals surface area contributed by atoms with Gasteiger partial charge in [-0.05, 0) is 47.0 Å². The van der Waals surface area contributed by atoms with Gasteiger partial charge in [0.15, 0.2) is 23.0 Å². The molecule has 0 spiro atoms. The smallest absolute Gasteiger partial charge is 0.251 e. The number of nitrogens with one attached hydrogen (secondary N) is 1. The van der Waals surface area contributed by atoms with Crippen molar-refractivity contribution in [1.29, 1.82) is 0 Å². The molecule has 184 valence electrons. The van der Waals surface area contributed by atoms with Crippen molar-refractivity contribution in [2.24, 2.45) is 0 Å². The lowest BCUT2D eigenvalue weighted by Crippen LogP contribution is -2.22. The zero-order valence-corrected chi connectivity index (χ0v) is 20.4. The Morgan fingerprint density at radius 3 is 1.81 bits per heavy atom. The van der Waals surface area contributed by atoms with Crippen molar-refractivity contribution in [3.05, 3.63) is 119 Å². The highest BCUT2D eigenvalue weighted by Gasteiger charge is 2.13. The van der Waals surface area contributed by atoms with Gasteiger partial charge in [0.2, 0.25) is 0 Å². The molecule has 0 aliphatic rings. The second-order valence-corrected chi connectivity index (χ2v) is 8.08. The van der Waals surface area contributed by atoms with Gasteiger partial charge in [0.1, 0.15) is 13.2 Å². The van der Waals surface area contributed by atoms with E-state index < -0.39 is 0 Å². The van der Waals surface area contributed by atoms with Gasteiger partial charge in [0.25, 0.3) is 5.91 Å². The van der Waals surface area contributed by atoms with Crippen LogP contribution in [0.5, 0.6) is 23.0 Å². The molecule has 0 saturated carbocycles. The largest absolute Gasteiger partial charge is 0.493 e. The molecule has 1 N–H and O–H groups in total. The molecular weight excluding hydrogens is 454 g/mol. The number of carbonyl (C=O) groups excluding carboxylic acids is 1. The summed E-state index contributed by atoms with van der Waals surface area (Å²) in [6.45, 7) is 1.15. The Labute approximate surface area is 211 Å². The van der Waals surface area contributed by atoms with Gasteiger partial charge in [0.05, 0.1) is 14.2 Å². The van der Waals surface area contributed by atoms with E-state index in [0.29, 0.717) is 48.3 Å². The van der Waals surface area contributed by atoms with Crippen LogP contribution in [0, 0.1) is 0 Å². The fourth-order valence-electron chi connectivity index (χ4n) is 3.63. The molecule has 4 aromatic carbocycles. The second-order valence-electron chi connectivity index (χ2n) is 8.08. The number of hydrogen-bond donors (Lipinski definition) is 1. The minimum atomic E-state index is -0.217. The number of methoxy groups -OCH3 is 2. The number of amides is 1. The van der Waals surface area contributed by atoms with E-state index in [1.165, 1.54) is 0 Å². The molecule has 0 bridgehead atoms. The van der Waals surface area contributed by atoms with Gasteiger partial charge >= 0.3 is 0 Å². The summed E-state index contributed by atoms with van der Waals surface area (Å²) in [6, 6.07) is 30.5. The summed E-state index contributed by atoms with van der Waals surface area (Å²) < 4.78 is 22.7. The molecule has 6 nitrogen and oxygen atoms in total. The van der Waals surface area contributed by atoms with Gasteiger partial charge in [-0.2, -0.15) is 0 Å². The normalized spacial score (nSPS) is 10.4. The summed E-state index contributed by atoms with van der Waals surface area (Å²) in [4.78, 5) is 12.9. The van der Waals surface area contributed by atoms with Gasteiger partial charge in [-0.15, -0.1) is 0 Å². The first-order valence-electron chi connectivity index (χ1n) is 11.6. The van der Waals surface area contributed by atoms with Crippen molar-refractivity contribution in [2.75, 3.05) is 14.2 Å². The molecule has 0 heterocycles. The van der Waals surface area contributed by atoms with Crippen LogP contribution in [0.15, 0.2) is 97.1 Å². The highest BCUT2D eigenvalue weighted by Crippen LogP contribution is 2.30. The molecule has 0 unspecified atom stereocenters. The zero-order valence-electron chi connectivity index (χ0n) is 20.4. The van der Waals surface area contributed by atoms with Crippen LogP contribution in [-0.4, -0.2) is 20.1 Å². The lowest BCUT2D eigenvalue weighted by molar-refractivity contribution is 0.0950. The Morgan fingerprint density at radius 1 is 0.611 bits per heavy atom. The van der Waals surface area contributed by atoms with Crippen LogP contribution in [-0.2, 0) is 19.8 Å². The van der Waals surface area contributed by atoms with E-state index in [9.17, 15) is 4.79 Å². The van der Waals surface area contributed by atoms with E-state index in [1.54, 1.807) is 32.4 Å². The fourth-order valence-corrected chi connectivity index (χ4v) is 3.63. The molecule has 6 heteroatoms. The van der Waals surface area contributed by atoms with Crippen LogP contribution in [0.1, 0.15) is 27.0 Å². The molecule has 0 radical (unpaired) electrons. The Bertz CT molecular complexity index is 1280. The average Bonchev–Trinajstić information content (AvgIpc) is 2.94. The lowest BCUT2D eigenvalue weighted by atomic mass is 10.1. The summed E-state index contributed by atoms with van der Waals surface area (Å²) in [5, 5.41) is 2.95. The number of benzene rings is 4. The maximum absolute atomic E-state index is 12.9. The number of carbonyl (C=O) groups is 1. The Morgan fingerprint density at radius 2 is 1.19 bits per heavy atom. The van der Waals surface area contributed by atoms with Crippen molar-refractivity contribution in [2.45, 2.75) is 19.8 Å². The minimum Gasteiger partial charge on any atom is -0.493 e. The molecule has 4 aromatic rings. The maximum Gasteiger partial charge on any atom is 0.251 e. The Kier molecular flexibility index (Phi) is 8.44. The molecular formula is C30H29NO5. The van der Waals surface area contributed by atoms with Crippen LogP contribution in [0.4, 0.5) is 0 Å². The van der Waals surface area contributed by atoms with Crippen LogP contribution in [0.3, 0.4) is 0 Å². The molecule has 1 amide bonds. The van der Waals surface area contributed by atoms with E-state index in [1.807, 2.05) is 78.9 Å². The molecule has 0 fully saturated rings. The van der Waals surface area contributed by atoms with Crippen LogP contribution < -0.4 is 24.3 Å². The van der Waals surface area contributed by atoms with Crippen molar-refractivity contribution >= 4 is 5.91 Å². The molecule has 0 aromatic heterocycles. The second kappa shape index (κ2) is 12.3. The van der Waals surface area contributed by atoms with Crippen LogP contribution >= 0.6 is 0 Å². The third-order valence-corrected chi connectivity index (χ3v) is 5.58. The van der Waals surface area contributed by atoms with E-state index in [0.717, 1.165) is 16.7 Å². The zero-order chi connectivity index (χ0) is 25.2. The highest BCUT2D eigenvalue weighted by atomic mass is 16.5. The van der Waals surface area contributed by atoms with Gasteiger partial charge in [-0.3, -0.25) is 4.79 Å². The first kappa shape index (κ1) is 24.7. The van der Waals surface area contributed by atoms with E-state index in [2.05, 4.69) is 5.32 Å². The molecule has 0 aliphatic carbocycles. The van der Waals surface area contributed by atoms with Crippen molar-refractivity contribution in [1.82, 2.24) is 5.32 Å². The summed E-state index contributed by atoms with van der Waals surface area (Å²) >= 11 is 0. The van der Waals surface area contributed by atoms with Gasteiger partial charge in [-0.1, -0.05) is 66.7 Å². The fraction of sp³-hybridized carbons (Fsp3) is 0.167. The third-order valence-electron chi connectivity index (χ3n) is 5.58. The van der Waals surface area contributed by atoms with Crippen molar-refractivity contribution < 1.29 is 23.7 Å². The summed E-state index contributed by atoms with van der Waals surface area (Å²) in [5.41, 5.74) is 3.47. The Hall–Kier alpha value is -4.45. The first-order chi connectivity index (χ1) is 17.7. The third kappa shape index (κ3) is 6.57. The van der Waals surface area contributed by atoms with E-state index in [-0.39, 0.29) is 5.91 Å². The highest BCUT2D eigenvalue weighted by molar-refractivity contribution is 5.94. The van der Waals surface area contributed by atoms with Gasteiger partial charge < -0.3 is 24.3 Å². The number of rotatable bonds is 11. The lowest BCUT2D eigenvalue weighted by Gasteiger charge is -2.14. The SMILES string of the molecule is COc1cc(CNC(=O)c2ccc(OC)c(OCc3ccccc3)c2)ccc1OCc1ccccc1. The molecule has 0 saturated heterocycles. The summed E-state index contributed by atoms with van der Waals surface area (Å²) in [7, 11) is 3.17. The van der Waals surface area contributed by atoms with Gasteiger partial charge in [-0.25, -0.2) is 0 Å². The quantitative estimate of drug-likeness (QED) is 0.292. The molecule has 0 atom stereocenters. The van der Waals surface area contributed by atoms with Crippen LogP contribution in [0.25, 0.3) is 0 Å². The molecule has 0 aliphatic heterocycles. The maximum atomic E-state index is 12.9. The monoisotopic (exact) mass is 483 g/mol. The van der Waals surface area contributed by atoms with Crippen molar-refractivity contribution in [3.8, 4) is 23.0 Å². The predicted octanol–water partition coefficient (Wildman–Crippen LogP) is 5.79. The van der Waals surface area contributed by atoms with Crippen LogP contribution in [0.2, 0.25) is 0 Å². The minimum absolute atomic E-state index is 0.217. The van der Waals surface area contributed by atoms with Gasteiger partial charge in [0, 0.05) is 12.1 Å². The summed E-state index contributed by atoms with van der Waals surface area (Å²) in [6.07, 6.45) is 0. The average molecular weight is 484 g/mol. The first-order valence-corrected chi connectivity index (χ1v) is 11.6. The number of ether oxygens (including phenoxy) is 4. The standard InChI is InChI=1S/C30H29NO5/c1-33-26-16-14-25(18-29(26)36-21-23-11-7-4-8-12-23)30(32)31-19-24-13-15-27(28(17-24)34-2)35-20-22-9-5-3-6-10-22/h3-18H,19-21H2,1-2H3,(H,31,32). The van der Waals surface area contributed by atoms with E-state index >= 15 is 0 Å². The topological polar surface area (TPSA) is 66.0 Å². The molecule has 4 rings (SSSR count). The molecule has 36 heavy (non-hydrogen) atoms. The number of hydrogen-bond acceptors (Lipinski definition) is 5. The van der Waals surface area contributed by atoms with E-state index in [4.69, 9.17) is 18.9 Å². The predicted molar refractivity (Wildman–Crippen MR) is 139 cm³/mol. The Balaban J connectivity index is 1.38.